The Morgan fingerprint density at radius 3 is 2.67 bits per heavy atom. The van der Waals surface area contributed by atoms with Gasteiger partial charge in [0.05, 0.1) is 6.10 Å². The molecule has 0 aromatic carbocycles. The van der Waals surface area contributed by atoms with Gasteiger partial charge in [-0.25, -0.2) is 0 Å². The van der Waals surface area contributed by atoms with Crippen molar-refractivity contribution in [3.8, 4) is 0 Å². The summed E-state index contributed by atoms with van der Waals surface area (Å²) < 4.78 is 5.83. The van der Waals surface area contributed by atoms with Gasteiger partial charge in [-0.15, -0.1) is 0 Å². The summed E-state index contributed by atoms with van der Waals surface area (Å²) in [6.45, 7) is 5.48. The van der Waals surface area contributed by atoms with Gasteiger partial charge in [-0.05, 0) is 25.8 Å². The standard InChI is InChI=1S/C13H27NO/c1-2-3-4-5-6-7-11-15-13-9-8-10-14-12-13/h13-14H,2-12H2,1H3. The highest BCUT2D eigenvalue weighted by Crippen LogP contribution is 2.09. The molecule has 1 rings (SSSR count). The number of nitrogens with one attached hydrogen (secondary N) is 1. The van der Waals surface area contributed by atoms with Crippen molar-refractivity contribution in [3.05, 3.63) is 0 Å². The monoisotopic (exact) mass is 213 g/mol. The lowest BCUT2D eigenvalue weighted by Crippen LogP contribution is -2.35. The van der Waals surface area contributed by atoms with E-state index in [0.29, 0.717) is 6.10 Å². The van der Waals surface area contributed by atoms with Crippen LogP contribution in [0.1, 0.15) is 58.3 Å². The molecule has 0 saturated carbocycles. The summed E-state index contributed by atoms with van der Waals surface area (Å²) in [5.41, 5.74) is 0. The fourth-order valence-corrected chi connectivity index (χ4v) is 2.09. The predicted molar refractivity (Wildman–Crippen MR) is 65.2 cm³/mol. The number of ether oxygens (including phenoxy) is 1. The average Bonchev–Trinajstić information content (AvgIpc) is 2.29. The Hall–Kier alpha value is -0.0800. The van der Waals surface area contributed by atoms with Crippen LogP contribution in [0.5, 0.6) is 0 Å². The van der Waals surface area contributed by atoms with E-state index < -0.39 is 0 Å². The highest BCUT2D eigenvalue weighted by atomic mass is 16.5. The minimum atomic E-state index is 0.495. The second-order valence-corrected chi connectivity index (χ2v) is 4.61. The molecule has 0 aromatic heterocycles. The Bertz CT molecular complexity index is 132. The molecular formula is C13H27NO. The Kier molecular flexibility index (Phi) is 7.94. The maximum Gasteiger partial charge on any atom is 0.0699 e. The van der Waals surface area contributed by atoms with Gasteiger partial charge in [0.1, 0.15) is 0 Å². The Labute approximate surface area is 94.8 Å². The van der Waals surface area contributed by atoms with E-state index >= 15 is 0 Å². The van der Waals surface area contributed by atoms with Crippen LogP contribution < -0.4 is 5.32 Å². The molecule has 15 heavy (non-hydrogen) atoms. The van der Waals surface area contributed by atoms with E-state index in [-0.39, 0.29) is 0 Å². The normalized spacial score (nSPS) is 21.8. The van der Waals surface area contributed by atoms with Crippen molar-refractivity contribution >= 4 is 0 Å². The first-order valence-corrected chi connectivity index (χ1v) is 6.76. The molecule has 1 aliphatic rings. The molecule has 1 N–H and O–H groups in total. The fourth-order valence-electron chi connectivity index (χ4n) is 2.09. The predicted octanol–water partition coefficient (Wildman–Crippen LogP) is 3.12. The van der Waals surface area contributed by atoms with Gasteiger partial charge in [-0.1, -0.05) is 39.0 Å². The second kappa shape index (κ2) is 9.17. The van der Waals surface area contributed by atoms with E-state index in [1.54, 1.807) is 0 Å². The zero-order valence-electron chi connectivity index (χ0n) is 10.3. The van der Waals surface area contributed by atoms with Gasteiger partial charge in [-0.3, -0.25) is 0 Å². The summed E-state index contributed by atoms with van der Waals surface area (Å²) in [4.78, 5) is 0. The van der Waals surface area contributed by atoms with Crippen LogP contribution in [0, 0.1) is 0 Å². The molecule has 1 heterocycles. The smallest absolute Gasteiger partial charge is 0.0699 e. The summed E-state index contributed by atoms with van der Waals surface area (Å²) in [6, 6.07) is 0. The molecule has 0 amide bonds. The molecule has 0 spiro atoms. The zero-order chi connectivity index (χ0) is 10.8. The van der Waals surface area contributed by atoms with Crippen LogP contribution in [0.3, 0.4) is 0 Å². The molecule has 90 valence electrons. The minimum absolute atomic E-state index is 0.495. The van der Waals surface area contributed by atoms with E-state index in [9.17, 15) is 0 Å². The van der Waals surface area contributed by atoms with E-state index in [1.807, 2.05) is 0 Å². The highest BCUT2D eigenvalue weighted by Gasteiger charge is 2.12. The van der Waals surface area contributed by atoms with Crippen molar-refractivity contribution in [2.24, 2.45) is 0 Å². The molecule has 1 aliphatic heterocycles. The second-order valence-electron chi connectivity index (χ2n) is 4.61. The Morgan fingerprint density at radius 2 is 1.93 bits per heavy atom. The lowest BCUT2D eigenvalue weighted by atomic mass is 10.1. The highest BCUT2D eigenvalue weighted by molar-refractivity contribution is 4.68. The summed E-state index contributed by atoms with van der Waals surface area (Å²) in [5.74, 6) is 0. The van der Waals surface area contributed by atoms with E-state index in [1.165, 1.54) is 57.9 Å². The minimum Gasteiger partial charge on any atom is -0.377 e. The topological polar surface area (TPSA) is 21.3 Å². The van der Waals surface area contributed by atoms with Gasteiger partial charge < -0.3 is 10.1 Å². The van der Waals surface area contributed by atoms with Crippen molar-refractivity contribution in [3.63, 3.8) is 0 Å². The lowest BCUT2D eigenvalue weighted by molar-refractivity contribution is 0.0347. The van der Waals surface area contributed by atoms with E-state index in [0.717, 1.165) is 13.2 Å². The molecule has 1 fully saturated rings. The molecule has 1 unspecified atom stereocenters. The maximum absolute atomic E-state index is 5.83. The van der Waals surface area contributed by atoms with Crippen molar-refractivity contribution in [1.82, 2.24) is 5.32 Å². The summed E-state index contributed by atoms with van der Waals surface area (Å²) >= 11 is 0. The van der Waals surface area contributed by atoms with Crippen molar-refractivity contribution in [2.45, 2.75) is 64.4 Å². The molecule has 0 bridgehead atoms. The van der Waals surface area contributed by atoms with Gasteiger partial charge in [0.2, 0.25) is 0 Å². The summed E-state index contributed by atoms with van der Waals surface area (Å²) in [6.07, 6.45) is 11.2. The van der Waals surface area contributed by atoms with Gasteiger partial charge in [0, 0.05) is 13.2 Å². The fraction of sp³-hybridized carbons (Fsp3) is 1.00. The number of unbranched alkanes of at least 4 members (excludes halogenated alkanes) is 5. The van der Waals surface area contributed by atoms with Crippen LogP contribution in [0.2, 0.25) is 0 Å². The van der Waals surface area contributed by atoms with Gasteiger partial charge >= 0.3 is 0 Å². The van der Waals surface area contributed by atoms with Crippen LogP contribution in [0.4, 0.5) is 0 Å². The summed E-state index contributed by atoms with van der Waals surface area (Å²) in [5, 5.41) is 3.38. The Morgan fingerprint density at radius 1 is 1.13 bits per heavy atom. The quantitative estimate of drug-likeness (QED) is 0.626. The zero-order valence-corrected chi connectivity index (χ0v) is 10.3. The average molecular weight is 213 g/mol. The lowest BCUT2D eigenvalue weighted by Gasteiger charge is -2.22. The van der Waals surface area contributed by atoms with E-state index in [2.05, 4.69) is 12.2 Å². The number of piperidine rings is 1. The van der Waals surface area contributed by atoms with Crippen molar-refractivity contribution < 1.29 is 4.74 Å². The first kappa shape index (κ1) is 13.0. The number of hydrogen-bond donors (Lipinski definition) is 1. The largest absolute Gasteiger partial charge is 0.377 e. The van der Waals surface area contributed by atoms with Crippen LogP contribution in [0.25, 0.3) is 0 Å². The maximum atomic E-state index is 5.83. The first-order valence-electron chi connectivity index (χ1n) is 6.76. The molecule has 0 radical (unpaired) electrons. The van der Waals surface area contributed by atoms with Crippen molar-refractivity contribution in [1.29, 1.82) is 0 Å². The molecule has 0 aromatic rings. The molecule has 1 saturated heterocycles. The third-order valence-electron chi connectivity index (χ3n) is 3.10. The molecule has 0 aliphatic carbocycles. The van der Waals surface area contributed by atoms with E-state index in [4.69, 9.17) is 4.74 Å². The van der Waals surface area contributed by atoms with Crippen LogP contribution in [-0.2, 0) is 4.74 Å². The number of hydrogen-bond acceptors (Lipinski definition) is 2. The molecule has 2 nitrogen and oxygen atoms in total. The third-order valence-corrected chi connectivity index (χ3v) is 3.10. The van der Waals surface area contributed by atoms with Crippen LogP contribution >= 0.6 is 0 Å². The number of rotatable bonds is 8. The first-order chi connectivity index (χ1) is 7.43. The van der Waals surface area contributed by atoms with Crippen LogP contribution in [0.15, 0.2) is 0 Å². The molecule has 2 heteroatoms. The third kappa shape index (κ3) is 6.91. The van der Waals surface area contributed by atoms with Crippen LogP contribution in [-0.4, -0.2) is 25.8 Å². The Balaban J connectivity index is 1.79. The molecular weight excluding hydrogens is 186 g/mol. The SMILES string of the molecule is CCCCCCCCOC1CCCNC1. The molecule has 1 atom stereocenters. The van der Waals surface area contributed by atoms with Crippen molar-refractivity contribution in [2.75, 3.05) is 19.7 Å². The van der Waals surface area contributed by atoms with Gasteiger partial charge in [-0.2, -0.15) is 0 Å². The van der Waals surface area contributed by atoms with Gasteiger partial charge in [0.25, 0.3) is 0 Å². The summed E-state index contributed by atoms with van der Waals surface area (Å²) in [7, 11) is 0. The van der Waals surface area contributed by atoms with Gasteiger partial charge in [0.15, 0.2) is 0 Å².